The second-order valence-electron chi connectivity index (χ2n) is 9.55. The van der Waals surface area contributed by atoms with Crippen molar-refractivity contribution in [1.82, 2.24) is 19.7 Å². The van der Waals surface area contributed by atoms with Crippen molar-refractivity contribution < 1.29 is 28.0 Å². The van der Waals surface area contributed by atoms with Crippen LogP contribution in [-0.2, 0) is 14.8 Å². The Bertz CT molecular complexity index is 1190. The molecule has 206 valence electrons. The van der Waals surface area contributed by atoms with Gasteiger partial charge in [0.25, 0.3) is 11.8 Å². The lowest BCUT2D eigenvalue weighted by molar-refractivity contribution is -0.133. The Morgan fingerprint density at radius 2 is 1.63 bits per heavy atom. The van der Waals surface area contributed by atoms with E-state index in [0.29, 0.717) is 25.3 Å². The first-order valence-electron chi connectivity index (χ1n) is 12.9. The van der Waals surface area contributed by atoms with E-state index in [0.717, 1.165) is 24.3 Å². The summed E-state index contributed by atoms with van der Waals surface area (Å²) in [5.41, 5.74) is 2.99. The van der Waals surface area contributed by atoms with E-state index in [4.69, 9.17) is 4.74 Å². The molecule has 12 heteroatoms. The lowest BCUT2D eigenvalue weighted by Crippen LogP contribution is -2.64. The Labute approximate surface area is 223 Å². The van der Waals surface area contributed by atoms with E-state index in [2.05, 4.69) is 16.8 Å². The number of benzene rings is 1. The molecule has 0 atom stereocenters. The van der Waals surface area contributed by atoms with Gasteiger partial charge in [0.05, 0.1) is 6.61 Å². The molecule has 2 aromatic rings. The van der Waals surface area contributed by atoms with E-state index in [-0.39, 0.29) is 44.9 Å². The van der Waals surface area contributed by atoms with Crippen LogP contribution in [0.3, 0.4) is 0 Å². The molecular formula is C26H35N5O6S. The second kappa shape index (κ2) is 12.1. The number of hydrogen-bond donors (Lipinski definition) is 2. The zero-order valence-electron chi connectivity index (χ0n) is 21.6. The molecule has 0 spiro atoms. The van der Waals surface area contributed by atoms with Crippen LogP contribution in [0.1, 0.15) is 43.0 Å². The van der Waals surface area contributed by atoms with Gasteiger partial charge in [0.1, 0.15) is 5.75 Å². The molecule has 0 bridgehead atoms. The summed E-state index contributed by atoms with van der Waals surface area (Å²) >= 11 is 0. The van der Waals surface area contributed by atoms with Crippen molar-refractivity contribution in [3.05, 3.63) is 54.4 Å². The van der Waals surface area contributed by atoms with Gasteiger partial charge in [0, 0.05) is 62.9 Å². The number of hydroxylamine groups is 1. The highest BCUT2D eigenvalue weighted by molar-refractivity contribution is 7.91. The molecule has 4 rings (SSSR count). The van der Waals surface area contributed by atoms with Crippen molar-refractivity contribution in [2.75, 3.05) is 50.8 Å². The number of nitrogens with one attached hydrogen (secondary N) is 1. The molecule has 0 unspecified atom stereocenters. The van der Waals surface area contributed by atoms with Gasteiger partial charge in [0.15, 0.2) is 4.75 Å². The van der Waals surface area contributed by atoms with E-state index >= 15 is 0 Å². The predicted molar refractivity (Wildman–Crippen MR) is 142 cm³/mol. The SMILES string of the molecule is CCCCOc1ccc(N2CCN(S(=O)(=O)C3(C(=O)NO)CCN(C(=O)c4ccncc4)CC3)CC2)cc1. The van der Waals surface area contributed by atoms with Crippen LogP contribution in [0.2, 0.25) is 0 Å². The number of amides is 2. The number of piperazine rings is 1. The fraction of sp³-hybridized carbons (Fsp3) is 0.500. The number of hydrogen-bond acceptors (Lipinski definition) is 8. The van der Waals surface area contributed by atoms with E-state index in [1.165, 1.54) is 21.6 Å². The molecule has 11 nitrogen and oxygen atoms in total. The van der Waals surface area contributed by atoms with Crippen molar-refractivity contribution >= 4 is 27.5 Å². The molecule has 2 fully saturated rings. The summed E-state index contributed by atoms with van der Waals surface area (Å²) < 4.78 is 32.9. The number of piperidine rings is 1. The molecule has 2 saturated heterocycles. The maximum absolute atomic E-state index is 13.8. The zero-order chi connectivity index (χ0) is 27.2. The normalized spacial score (nSPS) is 18.2. The molecule has 2 aliphatic heterocycles. The fourth-order valence-corrected chi connectivity index (χ4v) is 7.09. The van der Waals surface area contributed by atoms with Gasteiger partial charge in [-0.2, -0.15) is 4.31 Å². The number of aromatic nitrogens is 1. The van der Waals surface area contributed by atoms with E-state index in [9.17, 15) is 23.2 Å². The minimum absolute atomic E-state index is 0.0699. The summed E-state index contributed by atoms with van der Waals surface area (Å²) in [4.78, 5) is 33.2. The first-order valence-corrected chi connectivity index (χ1v) is 14.4. The number of rotatable bonds is 9. The van der Waals surface area contributed by atoms with Gasteiger partial charge in [-0.15, -0.1) is 0 Å². The van der Waals surface area contributed by atoms with Crippen LogP contribution < -0.4 is 15.1 Å². The number of sulfonamides is 1. The van der Waals surface area contributed by atoms with Crippen molar-refractivity contribution in [1.29, 1.82) is 0 Å². The van der Waals surface area contributed by atoms with Gasteiger partial charge in [-0.05, 0) is 55.7 Å². The number of carbonyl (C=O) groups excluding carboxylic acids is 2. The summed E-state index contributed by atoms with van der Waals surface area (Å²) in [6, 6.07) is 10.9. The molecule has 2 aliphatic rings. The molecule has 2 N–H and O–H groups in total. The van der Waals surface area contributed by atoms with Crippen LogP contribution in [-0.4, -0.2) is 90.3 Å². The van der Waals surface area contributed by atoms with Gasteiger partial charge < -0.3 is 14.5 Å². The quantitative estimate of drug-likeness (QED) is 0.277. The lowest BCUT2D eigenvalue weighted by Gasteiger charge is -2.44. The first kappa shape index (κ1) is 27.8. The number of nitrogens with zero attached hydrogens (tertiary/aromatic N) is 4. The molecule has 1 aromatic carbocycles. The van der Waals surface area contributed by atoms with Gasteiger partial charge in [-0.1, -0.05) is 13.3 Å². The van der Waals surface area contributed by atoms with E-state index in [1.54, 1.807) is 17.6 Å². The minimum Gasteiger partial charge on any atom is -0.494 e. The minimum atomic E-state index is -4.13. The van der Waals surface area contributed by atoms with Crippen molar-refractivity contribution in [3.8, 4) is 5.75 Å². The average molecular weight is 546 g/mol. The second-order valence-corrected chi connectivity index (χ2v) is 11.8. The van der Waals surface area contributed by atoms with Crippen LogP contribution in [0.25, 0.3) is 0 Å². The van der Waals surface area contributed by atoms with Gasteiger partial charge in [-0.3, -0.25) is 19.8 Å². The molecule has 0 radical (unpaired) electrons. The van der Waals surface area contributed by atoms with Crippen LogP contribution in [0.5, 0.6) is 5.75 Å². The monoisotopic (exact) mass is 545 g/mol. The number of likely N-dealkylation sites (tertiary alicyclic amines) is 1. The predicted octanol–water partition coefficient (Wildman–Crippen LogP) is 1.89. The largest absolute Gasteiger partial charge is 0.494 e. The summed E-state index contributed by atoms with van der Waals surface area (Å²) in [6.45, 7) is 4.25. The number of carbonyl (C=O) groups is 2. The van der Waals surface area contributed by atoms with Gasteiger partial charge in [-0.25, -0.2) is 13.9 Å². The Balaban J connectivity index is 1.41. The Morgan fingerprint density at radius 3 is 2.21 bits per heavy atom. The summed E-state index contributed by atoms with van der Waals surface area (Å²) in [7, 11) is -4.13. The maximum Gasteiger partial charge on any atom is 0.266 e. The van der Waals surface area contributed by atoms with Gasteiger partial charge in [0.2, 0.25) is 10.0 Å². The lowest BCUT2D eigenvalue weighted by atomic mass is 9.94. The first-order chi connectivity index (χ1) is 18.3. The third-order valence-electron chi connectivity index (χ3n) is 7.34. The summed E-state index contributed by atoms with van der Waals surface area (Å²) in [6.07, 6.45) is 4.86. The van der Waals surface area contributed by atoms with E-state index in [1.807, 2.05) is 24.3 Å². The van der Waals surface area contributed by atoms with Crippen LogP contribution in [0.15, 0.2) is 48.8 Å². The number of anilines is 1. The molecule has 0 saturated carbocycles. The molecule has 0 aliphatic carbocycles. The molecule has 1 aromatic heterocycles. The Morgan fingerprint density at radius 1 is 1.00 bits per heavy atom. The number of unbranched alkanes of at least 4 members (excludes halogenated alkanes) is 1. The summed E-state index contributed by atoms with van der Waals surface area (Å²) in [5, 5.41) is 9.46. The van der Waals surface area contributed by atoms with Crippen LogP contribution >= 0.6 is 0 Å². The third kappa shape index (κ3) is 5.62. The molecular weight excluding hydrogens is 510 g/mol. The highest BCUT2D eigenvalue weighted by Gasteiger charge is 2.55. The Hall–Kier alpha value is -3.22. The highest BCUT2D eigenvalue weighted by Crippen LogP contribution is 2.35. The van der Waals surface area contributed by atoms with Crippen LogP contribution in [0.4, 0.5) is 5.69 Å². The maximum atomic E-state index is 13.8. The average Bonchev–Trinajstić information content (AvgIpc) is 2.97. The zero-order valence-corrected chi connectivity index (χ0v) is 22.4. The van der Waals surface area contributed by atoms with Crippen molar-refractivity contribution in [2.45, 2.75) is 37.4 Å². The topological polar surface area (TPSA) is 132 Å². The van der Waals surface area contributed by atoms with E-state index < -0.39 is 20.7 Å². The molecule has 3 heterocycles. The fourth-order valence-electron chi connectivity index (χ4n) is 4.97. The summed E-state index contributed by atoms with van der Waals surface area (Å²) in [5.74, 6) is -0.415. The molecule has 38 heavy (non-hydrogen) atoms. The smallest absolute Gasteiger partial charge is 0.266 e. The van der Waals surface area contributed by atoms with Crippen molar-refractivity contribution in [2.24, 2.45) is 0 Å². The Kier molecular flexibility index (Phi) is 8.85. The van der Waals surface area contributed by atoms with Gasteiger partial charge >= 0.3 is 0 Å². The standard InChI is InChI=1S/C26H35N5O6S/c1-2-3-20-37-23-6-4-22(5-7-23)29-16-18-31(19-17-29)38(35,36)26(25(33)28-34)10-14-30(15-11-26)24(32)21-8-12-27-13-9-21/h4-9,12-13,34H,2-3,10-11,14-20H2,1H3,(H,28,33). The third-order valence-corrected chi connectivity index (χ3v) is 9.97. The highest BCUT2D eigenvalue weighted by atomic mass is 32.2. The number of ether oxygens (including phenoxy) is 1. The van der Waals surface area contributed by atoms with Crippen molar-refractivity contribution in [3.63, 3.8) is 0 Å². The molecule has 2 amide bonds. The van der Waals surface area contributed by atoms with Crippen LogP contribution in [0, 0.1) is 0 Å². The number of pyridine rings is 1.